The highest BCUT2D eigenvalue weighted by atomic mass is 35.5. The third-order valence-electron chi connectivity index (χ3n) is 4.05. The first-order valence-electron chi connectivity index (χ1n) is 7.73. The zero-order chi connectivity index (χ0) is 15.7. The summed E-state index contributed by atoms with van der Waals surface area (Å²) in [6, 6.07) is 8.05. The number of hydrogen-bond donors (Lipinski definition) is 0. The Hall–Kier alpha value is -1.39. The number of aromatic nitrogens is 2. The van der Waals surface area contributed by atoms with Crippen molar-refractivity contribution in [1.82, 2.24) is 15.0 Å². The van der Waals surface area contributed by atoms with E-state index in [1.165, 1.54) is 5.56 Å². The van der Waals surface area contributed by atoms with Gasteiger partial charge in [-0.2, -0.15) is 4.98 Å². The van der Waals surface area contributed by atoms with Crippen LogP contribution in [0.4, 0.5) is 0 Å². The molecule has 118 valence electrons. The Morgan fingerprint density at radius 3 is 2.64 bits per heavy atom. The minimum Gasteiger partial charge on any atom is -0.339 e. The van der Waals surface area contributed by atoms with Crippen molar-refractivity contribution >= 4 is 11.6 Å². The standard InChI is InChI=1S/C17H22ClN3O/c1-17(2,3)16-19-15(22-20-16)13-8-9-21(11-13)10-12-4-6-14(18)7-5-12/h4-7,13H,8-11H2,1-3H3/t13-/m1/s1. The topological polar surface area (TPSA) is 42.2 Å². The molecule has 0 amide bonds. The second-order valence-electron chi connectivity index (χ2n) is 7.05. The maximum Gasteiger partial charge on any atom is 0.231 e. The summed E-state index contributed by atoms with van der Waals surface area (Å²) in [5.74, 6) is 1.91. The molecule has 4 nitrogen and oxygen atoms in total. The predicted octanol–water partition coefficient (Wildman–Crippen LogP) is 4.01. The second kappa shape index (κ2) is 6.01. The van der Waals surface area contributed by atoms with E-state index >= 15 is 0 Å². The number of halogens is 1. The fourth-order valence-corrected chi connectivity index (χ4v) is 2.86. The zero-order valence-corrected chi connectivity index (χ0v) is 14.1. The van der Waals surface area contributed by atoms with Gasteiger partial charge >= 0.3 is 0 Å². The van der Waals surface area contributed by atoms with Gasteiger partial charge in [-0.3, -0.25) is 4.90 Å². The second-order valence-corrected chi connectivity index (χ2v) is 7.49. The minimum atomic E-state index is -0.0661. The van der Waals surface area contributed by atoms with E-state index < -0.39 is 0 Å². The summed E-state index contributed by atoms with van der Waals surface area (Å²) in [5, 5.41) is 4.91. The molecule has 1 aromatic carbocycles. The maximum atomic E-state index is 5.93. The lowest BCUT2D eigenvalue weighted by molar-refractivity contribution is 0.307. The zero-order valence-electron chi connectivity index (χ0n) is 13.3. The number of nitrogens with zero attached hydrogens (tertiary/aromatic N) is 3. The normalized spacial score (nSPS) is 19.7. The molecule has 0 spiro atoms. The van der Waals surface area contributed by atoms with Crippen LogP contribution in [0.3, 0.4) is 0 Å². The Labute approximate surface area is 136 Å². The highest BCUT2D eigenvalue weighted by molar-refractivity contribution is 6.30. The van der Waals surface area contributed by atoms with Crippen LogP contribution in [0, 0.1) is 0 Å². The van der Waals surface area contributed by atoms with Crippen molar-refractivity contribution < 1.29 is 4.52 Å². The SMILES string of the molecule is CC(C)(C)c1noc([C@@H]2CCN(Cc3ccc(Cl)cc3)C2)n1. The van der Waals surface area contributed by atoms with Crippen LogP contribution in [0.2, 0.25) is 5.02 Å². The molecule has 1 fully saturated rings. The van der Waals surface area contributed by atoms with Crippen LogP contribution in [0.25, 0.3) is 0 Å². The van der Waals surface area contributed by atoms with Crippen LogP contribution < -0.4 is 0 Å². The molecule has 2 heterocycles. The molecule has 0 unspecified atom stereocenters. The van der Waals surface area contributed by atoms with Gasteiger partial charge in [0.2, 0.25) is 5.89 Å². The van der Waals surface area contributed by atoms with E-state index in [0.717, 1.165) is 42.8 Å². The van der Waals surface area contributed by atoms with Crippen molar-refractivity contribution in [2.24, 2.45) is 0 Å². The molecule has 1 aliphatic heterocycles. The molecule has 5 heteroatoms. The van der Waals surface area contributed by atoms with Crippen molar-refractivity contribution in [3.05, 3.63) is 46.6 Å². The molecule has 1 aromatic heterocycles. The predicted molar refractivity (Wildman–Crippen MR) is 87.1 cm³/mol. The number of likely N-dealkylation sites (tertiary alicyclic amines) is 1. The van der Waals surface area contributed by atoms with E-state index in [4.69, 9.17) is 16.1 Å². The van der Waals surface area contributed by atoms with E-state index in [9.17, 15) is 0 Å². The van der Waals surface area contributed by atoms with E-state index in [1.54, 1.807) is 0 Å². The third kappa shape index (κ3) is 3.50. The van der Waals surface area contributed by atoms with Gasteiger partial charge in [-0.15, -0.1) is 0 Å². The fraction of sp³-hybridized carbons (Fsp3) is 0.529. The van der Waals surface area contributed by atoms with Gasteiger partial charge in [-0.05, 0) is 30.7 Å². The fourth-order valence-electron chi connectivity index (χ4n) is 2.73. The van der Waals surface area contributed by atoms with Gasteiger partial charge in [0.25, 0.3) is 0 Å². The summed E-state index contributed by atoms with van der Waals surface area (Å²) < 4.78 is 5.48. The molecule has 3 rings (SSSR count). The largest absolute Gasteiger partial charge is 0.339 e. The van der Waals surface area contributed by atoms with Gasteiger partial charge in [0.15, 0.2) is 5.82 Å². The van der Waals surface area contributed by atoms with Crippen LogP contribution in [0.1, 0.15) is 50.4 Å². The van der Waals surface area contributed by atoms with E-state index in [-0.39, 0.29) is 5.41 Å². The monoisotopic (exact) mass is 319 g/mol. The summed E-state index contributed by atoms with van der Waals surface area (Å²) in [4.78, 5) is 7.02. The molecule has 1 saturated heterocycles. The van der Waals surface area contributed by atoms with Gasteiger partial charge in [0, 0.05) is 23.5 Å². The van der Waals surface area contributed by atoms with E-state index in [2.05, 4.69) is 47.9 Å². The molecule has 0 radical (unpaired) electrons. The highest BCUT2D eigenvalue weighted by Gasteiger charge is 2.30. The molecule has 1 atom stereocenters. The molecule has 0 saturated carbocycles. The molecular weight excluding hydrogens is 298 g/mol. The number of benzene rings is 1. The Morgan fingerprint density at radius 2 is 2.00 bits per heavy atom. The molecular formula is C17H22ClN3O. The smallest absolute Gasteiger partial charge is 0.231 e. The molecule has 2 aromatic rings. The molecule has 0 N–H and O–H groups in total. The Bertz CT molecular complexity index is 630. The van der Waals surface area contributed by atoms with Crippen LogP contribution >= 0.6 is 11.6 Å². The van der Waals surface area contributed by atoms with Gasteiger partial charge in [0.05, 0.1) is 5.92 Å². The Kier molecular flexibility index (Phi) is 4.24. The van der Waals surface area contributed by atoms with Crippen molar-refractivity contribution in [2.45, 2.75) is 45.1 Å². The molecule has 22 heavy (non-hydrogen) atoms. The first-order valence-corrected chi connectivity index (χ1v) is 8.10. The number of rotatable bonds is 3. The molecule has 0 bridgehead atoms. The highest BCUT2D eigenvalue weighted by Crippen LogP contribution is 2.29. The van der Waals surface area contributed by atoms with E-state index in [0.29, 0.717) is 5.92 Å². The number of hydrogen-bond acceptors (Lipinski definition) is 4. The average molecular weight is 320 g/mol. The van der Waals surface area contributed by atoms with Crippen LogP contribution in [-0.2, 0) is 12.0 Å². The summed E-state index contributed by atoms with van der Waals surface area (Å²) in [6.45, 7) is 9.26. The van der Waals surface area contributed by atoms with Crippen molar-refractivity contribution in [3.8, 4) is 0 Å². The summed E-state index contributed by atoms with van der Waals surface area (Å²) >= 11 is 5.93. The van der Waals surface area contributed by atoms with Gasteiger partial charge < -0.3 is 4.52 Å². The first-order chi connectivity index (χ1) is 10.4. The van der Waals surface area contributed by atoms with Crippen molar-refractivity contribution in [3.63, 3.8) is 0 Å². The van der Waals surface area contributed by atoms with Gasteiger partial charge in [-0.1, -0.05) is 49.7 Å². The third-order valence-corrected chi connectivity index (χ3v) is 4.31. The summed E-state index contributed by atoms with van der Waals surface area (Å²) in [7, 11) is 0. The molecule has 0 aliphatic carbocycles. The Morgan fingerprint density at radius 1 is 1.27 bits per heavy atom. The maximum absolute atomic E-state index is 5.93. The quantitative estimate of drug-likeness (QED) is 0.857. The van der Waals surface area contributed by atoms with Crippen LogP contribution in [0.5, 0.6) is 0 Å². The van der Waals surface area contributed by atoms with Gasteiger partial charge in [-0.25, -0.2) is 0 Å². The lowest BCUT2D eigenvalue weighted by atomic mass is 9.96. The lowest BCUT2D eigenvalue weighted by Gasteiger charge is -2.15. The minimum absolute atomic E-state index is 0.0661. The van der Waals surface area contributed by atoms with Crippen LogP contribution in [-0.4, -0.2) is 28.1 Å². The summed E-state index contributed by atoms with van der Waals surface area (Å²) in [6.07, 6.45) is 1.07. The van der Waals surface area contributed by atoms with Crippen molar-refractivity contribution in [2.75, 3.05) is 13.1 Å². The van der Waals surface area contributed by atoms with Crippen LogP contribution in [0.15, 0.2) is 28.8 Å². The Balaban J connectivity index is 1.62. The molecule has 1 aliphatic rings. The lowest BCUT2D eigenvalue weighted by Crippen LogP contribution is -2.19. The first kappa shape index (κ1) is 15.5. The van der Waals surface area contributed by atoms with Crippen molar-refractivity contribution in [1.29, 1.82) is 0 Å². The van der Waals surface area contributed by atoms with E-state index in [1.807, 2.05) is 12.1 Å². The van der Waals surface area contributed by atoms with Gasteiger partial charge in [0.1, 0.15) is 0 Å². The average Bonchev–Trinajstić information content (AvgIpc) is 3.09. The summed E-state index contributed by atoms with van der Waals surface area (Å²) in [5.41, 5.74) is 1.22.